The molecule has 2 aliphatic carbocycles. The Balaban J connectivity index is 1.26. The lowest BCUT2D eigenvalue weighted by atomic mass is 9.71. The Morgan fingerprint density at radius 3 is 2.61 bits per heavy atom. The minimum Gasteiger partial charge on any atom is -0.390 e. The number of nitrogens with two attached hydrogens (primary N) is 1. The third kappa shape index (κ3) is 3.92. The Morgan fingerprint density at radius 2 is 1.86 bits per heavy atom. The highest BCUT2D eigenvalue weighted by Gasteiger charge is 2.54. The minimum absolute atomic E-state index is 0.0553. The van der Waals surface area contributed by atoms with Gasteiger partial charge in [-0.1, -0.05) is 18.2 Å². The maximum atomic E-state index is 13.8. The zero-order valence-corrected chi connectivity index (χ0v) is 20.9. The summed E-state index contributed by atoms with van der Waals surface area (Å²) < 4.78 is 13.7. The second-order valence-corrected chi connectivity index (χ2v) is 11.1. The number of benzene rings is 2. The Bertz CT molecular complexity index is 1110. The summed E-state index contributed by atoms with van der Waals surface area (Å²) in [7, 11) is 0. The van der Waals surface area contributed by atoms with Crippen molar-refractivity contribution in [3.05, 3.63) is 65.0 Å². The van der Waals surface area contributed by atoms with Crippen molar-refractivity contribution in [3.8, 4) is 0 Å². The van der Waals surface area contributed by atoms with E-state index < -0.39 is 11.6 Å². The molecule has 192 valence electrons. The summed E-state index contributed by atoms with van der Waals surface area (Å²) in [4.78, 5) is 20.3. The lowest BCUT2D eigenvalue weighted by Crippen LogP contribution is -2.57. The number of piperidine rings is 1. The second-order valence-electron chi connectivity index (χ2n) is 11.1. The van der Waals surface area contributed by atoms with Gasteiger partial charge in [0.1, 0.15) is 11.4 Å². The molecule has 0 aromatic heterocycles. The molecule has 2 heterocycles. The first-order valence-electron chi connectivity index (χ1n) is 13.6. The van der Waals surface area contributed by atoms with Crippen LogP contribution in [-0.2, 0) is 11.2 Å². The number of carbonyl (C=O) groups is 1. The Kier molecular flexibility index (Phi) is 6.26. The van der Waals surface area contributed by atoms with Gasteiger partial charge < -0.3 is 20.6 Å². The smallest absolute Gasteiger partial charge is 0.250 e. The summed E-state index contributed by atoms with van der Waals surface area (Å²) >= 11 is 0. The molecule has 36 heavy (non-hydrogen) atoms. The number of likely N-dealkylation sites (tertiary alicyclic amines) is 1. The predicted octanol–water partition coefficient (Wildman–Crippen LogP) is 3.54. The molecule has 3 atom stereocenters. The number of aliphatic hydroxyl groups is 1. The van der Waals surface area contributed by atoms with E-state index in [2.05, 4.69) is 28.0 Å². The molecular formula is C29H37FN4O2. The van der Waals surface area contributed by atoms with Crippen molar-refractivity contribution in [3.63, 3.8) is 0 Å². The van der Waals surface area contributed by atoms with Crippen LogP contribution in [0.4, 0.5) is 10.1 Å². The van der Waals surface area contributed by atoms with Gasteiger partial charge in [0.05, 0.1) is 12.8 Å². The van der Waals surface area contributed by atoms with Crippen molar-refractivity contribution in [1.29, 1.82) is 0 Å². The topological polar surface area (TPSA) is 73.0 Å². The van der Waals surface area contributed by atoms with E-state index in [4.69, 9.17) is 5.73 Å². The minimum atomic E-state index is -0.751. The van der Waals surface area contributed by atoms with Gasteiger partial charge in [0.2, 0.25) is 5.91 Å². The average molecular weight is 493 g/mol. The molecule has 6 rings (SSSR count). The number of β-amino-alcohol motifs (C(OH)–C–C–N with tert-alkyl or cyclic N) is 1. The summed E-state index contributed by atoms with van der Waals surface area (Å²) in [5, 5.41) is 10.2. The Labute approximate surface area is 212 Å². The van der Waals surface area contributed by atoms with E-state index in [9.17, 15) is 14.3 Å². The van der Waals surface area contributed by atoms with Crippen LogP contribution in [-0.4, -0.2) is 65.3 Å². The van der Waals surface area contributed by atoms with Crippen LogP contribution < -0.4 is 10.6 Å². The molecule has 3 N–H and O–H groups in total. The molecule has 3 unspecified atom stereocenters. The molecule has 1 spiro atoms. The predicted molar refractivity (Wildman–Crippen MR) is 138 cm³/mol. The molecular weight excluding hydrogens is 455 g/mol. The van der Waals surface area contributed by atoms with Crippen molar-refractivity contribution in [2.24, 2.45) is 5.73 Å². The fraction of sp³-hybridized carbons (Fsp3) is 0.552. The normalized spacial score (nSPS) is 26.4. The molecule has 2 aromatic carbocycles. The van der Waals surface area contributed by atoms with Crippen molar-refractivity contribution in [2.45, 2.75) is 68.5 Å². The van der Waals surface area contributed by atoms with Crippen LogP contribution in [0.5, 0.6) is 0 Å². The van der Waals surface area contributed by atoms with Crippen molar-refractivity contribution < 1.29 is 14.3 Å². The standard InChI is InChI=1S/C29H37FN4O2/c30-22-8-10-23(11-9-22)34-19-33(18-24(35)17-31)28(36)29(34)13-15-32(16-14-29)26-12-7-21-4-1-3-20-5-2-6-25(26)27(20)21/h2,5-6,8-11,21,24,26,35H,1,3-4,7,12-19,31H2. The third-order valence-corrected chi connectivity index (χ3v) is 9.21. The molecule has 0 bridgehead atoms. The fourth-order valence-electron chi connectivity index (χ4n) is 7.39. The average Bonchev–Trinajstić information content (AvgIpc) is 3.16. The van der Waals surface area contributed by atoms with Gasteiger partial charge >= 0.3 is 0 Å². The Hall–Kier alpha value is -2.48. The van der Waals surface area contributed by atoms with Gasteiger partial charge in [-0.3, -0.25) is 9.69 Å². The zero-order chi connectivity index (χ0) is 24.9. The molecule has 0 saturated carbocycles. The molecule has 2 fully saturated rings. The molecule has 6 nitrogen and oxygen atoms in total. The van der Waals surface area contributed by atoms with Gasteiger partial charge in [0, 0.05) is 37.9 Å². The van der Waals surface area contributed by atoms with E-state index in [0.717, 1.165) is 18.8 Å². The van der Waals surface area contributed by atoms with Crippen LogP contribution in [0.15, 0.2) is 42.5 Å². The number of aryl methyl sites for hydroxylation is 1. The first kappa shape index (κ1) is 23.9. The number of amides is 1. The molecule has 1 amide bonds. The quantitative estimate of drug-likeness (QED) is 0.668. The second kappa shape index (κ2) is 9.43. The van der Waals surface area contributed by atoms with Gasteiger partial charge in [-0.15, -0.1) is 0 Å². The van der Waals surface area contributed by atoms with Crippen LogP contribution in [0.1, 0.15) is 67.2 Å². The van der Waals surface area contributed by atoms with Crippen molar-refractivity contribution >= 4 is 11.6 Å². The number of halogens is 1. The summed E-state index contributed by atoms with van der Waals surface area (Å²) in [6.45, 7) is 2.41. The zero-order valence-electron chi connectivity index (χ0n) is 20.9. The van der Waals surface area contributed by atoms with E-state index >= 15 is 0 Å². The van der Waals surface area contributed by atoms with Crippen LogP contribution in [0.3, 0.4) is 0 Å². The molecule has 0 radical (unpaired) electrons. The number of anilines is 1. The lowest BCUT2D eigenvalue weighted by molar-refractivity contribution is -0.135. The molecule has 2 aliphatic heterocycles. The van der Waals surface area contributed by atoms with Gasteiger partial charge in [0.25, 0.3) is 0 Å². The SMILES string of the molecule is NCC(O)CN1CN(c2ccc(F)cc2)C2(CCN(C3CCC4CCCc5cccc3c54)CC2)C1=O. The van der Waals surface area contributed by atoms with E-state index in [1.807, 2.05) is 0 Å². The summed E-state index contributed by atoms with van der Waals surface area (Å²) in [5.74, 6) is 0.482. The number of nitrogens with zero attached hydrogens (tertiary/aromatic N) is 3. The van der Waals surface area contributed by atoms with Gasteiger partial charge in [0.15, 0.2) is 0 Å². The third-order valence-electron chi connectivity index (χ3n) is 9.21. The van der Waals surface area contributed by atoms with Crippen LogP contribution in [0.25, 0.3) is 0 Å². The first-order valence-corrected chi connectivity index (χ1v) is 13.6. The number of aliphatic hydroxyl groups excluding tert-OH is 1. The van der Waals surface area contributed by atoms with Gasteiger partial charge in [-0.05, 0) is 91.8 Å². The maximum Gasteiger partial charge on any atom is 0.250 e. The van der Waals surface area contributed by atoms with Crippen molar-refractivity contribution in [1.82, 2.24) is 9.80 Å². The van der Waals surface area contributed by atoms with Gasteiger partial charge in [-0.25, -0.2) is 4.39 Å². The van der Waals surface area contributed by atoms with Crippen LogP contribution in [0, 0.1) is 5.82 Å². The number of hydrogen-bond acceptors (Lipinski definition) is 5. The van der Waals surface area contributed by atoms with E-state index in [1.54, 1.807) is 28.2 Å². The number of carbonyl (C=O) groups excluding carboxylic acids is 1. The lowest BCUT2D eigenvalue weighted by Gasteiger charge is -2.47. The van der Waals surface area contributed by atoms with Crippen LogP contribution in [0.2, 0.25) is 0 Å². The monoisotopic (exact) mass is 492 g/mol. The largest absolute Gasteiger partial charge is 0.390 e. The summed E-state index contributed by atoms with van der Waals surface area (Å²) in [5.41, 5.74) is 10.5. The highest BCUT2D eigenvalue weighted by atomic mass is 19.1. The van der Waals surface area contributed by atoms with E-state index in [1.165, 1.54) is 49.8 Å². The highest BCUT2D eigenvalue weighted by Crippen LogP contribution is 2.48. The van der Waals surface area contributed by atoms with E-state index in [0.29, 0.717) is 31.5 Å². The van der Waals surface area contributed by atoms with Crippen LogP contribution >= 0.6 is 0 Å². The van der Waals surface area contributed by atoms with E-state index in [-0.39, 0.29) is 24.8 Å². The highest BCUT2D eigenvalue weighted by molar-refractivity contribution is 5.93. The molecule has 4 aliphatic rings. The molecule has 7 heteroatoms. The molecule has 2 aromatic rings. The maximum absolute atomic E-state index is 13.8. The van der Waals surface area contributed by atoms with Gasteiger partial charge in [-0.2, -0.15) is 0 Å². The Morgan fingerprint density at radius 1 is 1.08 bits per heavy atom. The van der Waals surface area contributed by atoms with Crippen molar-refractivity contribution in [2.75, 3.05) is 37.7 Å². The fourth-order valence-corrected chi connectivity index (χ4v) is 7.39. The summed E-state index contributed by atoms with van der Waals surface area (Å²) in [6.07, 6.45) is 6.92. The first-order chi connectivity index (χ1) is 17.5. The number of hydrogen-bond donors (Lipinski definition) is 2. The number of rotatable bonds is 5. The summed E-state index contributed by atoms with van der Waals surface area (Å²) in [6, 6.07) is 13.7. The molecule has 2 saturated heterocycles.